The van der Waals surface area contributed by atoms with Gasteiger partial charge in [-0.1, -0.05) is 23.2 Å². The Morgan fingerprint density at radius 3 is 1.29 bits per heavy atom. The summed E-state index contributed by atoms with van der Waals surface area (Å²) in [7, 11) is 0. The molecule has 1 aliphatic heterocycles. The predicted octanol–water partition coefficient (Wildman–Crippen LogP) is 1.93. The molecule has 7 heavy (non-hydrogen) atoms. The molecule has 1 nitrogen and oxygen atoms in total. The Kier molecular flexibility index (Phi) is 0.887. The van der Waals surface area contributed by atoms with Crippen molar-refractivity contribution in [1.82, 2.24) is 0 Å². The molecule has 1 fully saturated rings. The first-order valence-corrected chi connectivity index (χ1v) is 2.79. The zero-order valence-electron chi connectivity index (χ0n) is 4.16. The maximum Gasteiger partial charge on any atom is 0.183 e. The van der Waals surface area contributed by atoms with Gasteiger partial charge in [0.1, 0.15) is 0 Å². The summed E-state index contributed by atoms with van der Waals surface area (Å²) in [5.41, 5.74) is 0. The van der Waals surface area contributed by atoms with Crippen LogP contribution in [0.25, 0.3) is 0 Å². The van der Waals surface area contributed by atoms with E-state index in [2.05, 4.69) is 0 Å². The van der Waals surface area contributed by atoms with E-state index in [0.29, 0.717) is 0 Å². The highest BCUT2D eigenvalue weighted by atomic mass is 35.5. The minimum atomic E-state index is -0.617. The molecule has 0 radical (unpaired) electrons. The second-order valence-corrected chi connectivity index (χ2v) is 3.38. The Morgan fingerprint density at radius 1 is 1.14 bits per heavy atom. The van der Waals surface area contributed by atoms with Crippen LogP contribution in [0.4, 0.5) is 0 Å². The zero-order valence-corrected chi connectivity index (χ0v) is 5.68. The lowest BCUT2D eigenvalue weighted by atomic mass is 10.4. The van der Waals surface area contributed by atoms with E-state index in [1.807, 2.05) is 0 Å². The Morgan fingerprint density at radius 2 is 1.29 bits per heavy atom. The molecular formula is C4H6Cl2O. The van der Waals surface area contributed by atoms with Crippen LogP contribution < -0.4 is 0 Å². The Labute approximate surface area is 52.5 Å². The van der Waals surface area contributed by atoms with E-state index in [4.69, 9.17) is 27.9 Å². The molecule has 0 N–H and O–H groups in total. The summed E-state index contributed by atoms with van der Waals surface area (Å²) in [5, 5.41) is -1.23. The van der Waals surface area contributed by atoms with E-state index in [1.165, 1.54) is 0 Å². The van der Waals surface area contributed by atoms with Gasteiger partial charge in [0.05, 0.1) is 0 Å². The fourth-order valence-corrected chi connectivity index (χ4v) is 0.683. The molecule has 0 saturated carbocycles. The maximum atomic E-state index is 5.58. The van der Waals surface area contributed by atoms with Gasteiger partial charge in [-0.2, -0.15) is 0 Å². The van der Waals surface area contributed by atoms with Crippen LogP contribution >= 0.6 is 23.2 Å². The average molecular weight is 141 g/mol. The molecule has 0 unspecified atom stereocenters. The third kappa shape index (κ3) is 0.735. The molecule has 0 spiro atoms. The highest BCUT2D eigenvalue weighted by Gasteiger charge is 2.62. The summed E-state index contributed by atoms with van der Waals surface area (Å²) in [6.45, 7) is 3.48. The van der Waals surface area contributed by atoms with Gasteiger partial charge in [0.2, 0.25) is 0 Å². The number of hydrogen-bond donors (Lipinski definition) is 0. The molecule has 0 aliphatic carbocycles. The SMILES string of the molecule is C[C@@]1(Cl)O[C@@]1(C)Cl. The summed E-state index contributed by atoms with van der Waals surface area (Å²) in [6.07, 6.45) is 0. The molecule has 0 aromatic heterocycles. The third-order valence-electron chi connectivity index (χ3n) is 1.14. The van der Waals surface area contributed by atoms with Crippen molar-refractivity contribution in [3.63, 3.8) is 0 Å². The second-order valence-electron chi connectivity index (χ2n) is 1.94. The molecule has 1 heterocycles. The molecule has 1 rings (SSSR count). The van der Waals surface area contributed by atoms with E-state index >= 15 is 0 Å². The Hall–Kier alpha value is 0.540. The van der Waals surface area contributed by atoms with Gasteiger partial charge in [-0.3, -0.25) is 0 Å². The second kappa shape index (κ2) is 1.09. The summed E-state index contributed by atoms with van der Waals surface area (Å²) < 4.78 is 4.82. The first kappa shape index (κ1) is 5.67. The molecule has 42 valence electrons. The van der Waals surface area contributed by atoms with Gasteiger partial charge in [-0.15, -0.1) is 0 Å². The quantitative estimate of drug-likeness (QED) is 0.371. The van der Waals surface area contributed by atoms with Gasteiger partial charge in [0, 0.05) is 0 Å². The van der Waals surface area contributed by atoms with Crippen LogP contribution in [-0.2, 0) is 4.74 Å². The topological polar surface area (TPSA) is 12.5 Å². The minimum absolute atomic E-state index is 0.617. The molecule has 0 aromatic carbocycles. The fourth-order valence-electron chi connectivity index (χ4n) is 0.334. The van der Waals surface area contributed by atoms with Crippen molar-refractivity contribution < 1.29 is 4.74 Å². The van der Waals surface area contributed by atoms with Crippen LogP contribution in [0.15, 0.2) is 0 Å². The number of hydrogen-bond acceptors (Lipinski definition) is 1. The van der Waals surface area contributed by atoms with Crippen LogP contribution in [0.3, 0.4) is 0 Å². The highest BCUT2D eigenvalue weighted by Crippen LogP contribution is 2.53. The molecule has 0 bridgehead atoms. The van der Waals surface area contributed by atoms with Crippen LogP contribution in [-0.4, -0.2) is 10.1 Å². The number of epoxide rings is 1. The zero-order chi connectivity index (χ0) is 5.71. The fraction of sp³-hybridized carbons (Fsp3) is 1.00. The molecular weight excluding hydrogens is 135 g/mol. The largest absolute Gasteiger partial charge is 0.330 e. The average Bonchev–Trinajstić information content (AvgIpc) is 1.63. The molecule has 0 aromatic rings. The number of ether oxygens (including phenoxy) is 1. The summed E-state index contributed by atoms with van der Waals surface area (Å²) >= 11 is 11.2. The van der Waals surface area contributed by atoms with E-state index in [0.717, 1.165) is 0 Å². The van der Waals surface area contributed by atoms with Gasteiger partial charge in [-0.05, 0) is 13.8 Å². The van der Waals surface area contributed by atoms with Crippen molar-refractivity contribution in [2.75, 3.05) is 0 Å². The smallest absolute Gasteiger partial charge is 0.183 e. The minimum Gasteiger partial charge on any atom is -0.330 e. The lowest BCUT2D eigenvalue weighted by molar-refractivity contribution is 0.353. The van der Waals surface area contributed by atoms with Crippen molar-refractivity contribution in [1.29, 1.82) is 0 Å². The molecule has 3 heteroatoms. The molecule has 1 saturated heterocycles. The molecule has 2 atom stereocenters. The Bertz CT molecular complexity index is 85.9. The van der Waals surface area contributed by atoms with Crippen molar-refractivity contribution in [3.05, 3.63) is 0 Å². The first-order chi connectivity index (χ1) is 2.96. The van der Waals surface area contributed by atoms with Crippen molar-refractivity contribution in [3.8, 4) is 0 Å². The standard InChI is InChI=1S/C4H6Cl2O/c1-3(5)4(2,6)7-3/h1-2H3/t3-,4-/m1/s1. The highest BCUT2D eigenvalue weighted by molar-refractivity contribution is 6.36. The van der Waals surface area contributed by atoms with Gasteiger partial charge < -0.3 is 4.74 Å². The summed E-state index contributed by atoms with van der Waals surface area (Å²) in [6, 6.07) is 0. The van der Waals surface area contributed by atoms with E-state index in [1.54, 1.807) is 13.8 Å². The van der Waals surface area contributed by atoms with Crippen LogP contribution in [0.2, 0.25) is 0 Å². The van der Waals surface area contributed by atoms with Crippen molar-refractivity contribution in [2.24, 2.45) is 0 Å². The Balaban J connectivity index is 2.59. The molecule has 0 amide bonds. The van der Waals surface area contributed by atoms with E-state index in [9.17, 15) is 0 Å². The monoisotopic (exact) mass is 140 g/mol. The van der Waals surface area contributed by atoms with Crippen LogP contribution in [0, 0.1) is 0 Å². The van der Waals surface area contributed by atoms with Gasteiger partial charge in [0.25, 0.3) is 0 Å². The summed E-state index contributed by atoms with van der Waals surface area (Å²) in [5.74, 6) is 0. The van der Waals surface area contributed by atoms with Gasteiger partial charge in [-0.25, -0.2) is 0 Å². The maximum absolute atomic E-state index is 5.58. The lowest BCUT2D eigenvalue weighted by Gasteiger charge is -1.90. The van der Waals surface area contributed by atoms with E-state index < -0.39 is 10.1 Å². The van der Waals surface area contributed by atoms with Crippen LogP contribution in [0.5, 0.6) is 0 Å². The van der Waals surface area contributed by atoms with Crippen LogP contribution in [0.1, 0.15) is 13.8 Å². The third-order valence-corrected chi connectivity index (χ3v) is 2.11. The summed E-state index contributed by atoms with van der Waals surface area (Å²) in [4.78, 5) is 0. The number of rotatable bonds is 0. The molecule has 1 aliphatic rings. The predicted molar refractivity (Wildman–Crippen MR) is 29.6 cm³/mol. The van der Waals surface area contributed by atoms with Crippen molar-refractivity contribution in [2.45, 2.75) is 24.0 Å². The first-order valence-electron chi connectivity index (χ1n) is 2.04. The lowest BCUT2D eigenvalue weighted by Crippen LogP contribution is -2.03. The van der Waals surface area contributed by atoms with E-state index in [-0.39, 0.29) is 0 Å². The van der Waals surface area contributed by atoms with Crippen molar-refractivity contribution >= 4 is 23.2 Å². The normalized spacial score (nSPS) is 60.0. The van der Waals surface area contributed by atoms with Gasteiger partial charge >= 0.3 is 0 Å². The number of halogens is 2. The van der Waals surface area contributed by atoms with Gasteiger partial charge in [0.15, 0.2) is 10.1 Å². The number of alkyl halides is 2.